The molecule has 0 fully saturated rings. The van der Waals surface area contributed by atoms with Gasteiger partial charge in [0, 0.05) is 6.42 Å². The molecule has 9 heteroatoms. The van der Waals surface area contributed by atoms with E-state index in [0.717, 1.165) is 44.9 Å². The Balaban J connectivity index is 4.40. The Morgan fingerprint density at radius 1 is 0.642 bits per heavy atom. The largest absolute Gasteiger partial charge is 0.756 e. The van der Waals surface area contributed by atoms with Crippen molar-refractivity contribution in [1.82, 2.24) is 5.32 Å². The maximum atomic E-state index is 12.9. The van der Waals surface area contributed by atoms with Gasteiger partial charge in [-0.2, -0.15) is 0 Å². The number of quaternary nitrogens is 1. The van der Waals surface area contributed by atoms with Crippen molar-refractivity contribution in [2.75, 3.05) is 40.9 Å². The van der Waals surface area contributed by atoms with Crippen LogP contribution in [-0.2, 0) is 18.4 Å². The molecule has 0 saturated heterocycles. The molecule has 3 atom stereocenters. The number of hydrogen-bond donors (Lipinski definition) is 2. The number of phosphoric ester groups is 1. The fourth-order valence-corrected chi connectivity index (χ4v) is 7.04. The minimum Gasteiger partial charge on any atom is -0.756 e. The van der Waals surface area contributed by atoms with E-state index in [-0.39, 0.29) is 19.1 Å². The van der Waals surface area contributed by atoms with Gasteiger partial charge >= 0.3 is 0 Å². The highest BCUT2D eigenvalue weighted by Crippen LogP contribution is 2.38. The molecule has 1 amide bonds. The van der Waals surface area contributed by atoms with Gasteiger partial charge in [-0.05, 0) is 64.2 Å². The van der Waals surface area contributed by atoms with E-state index in [4.69, 9.17) is 9.05 Å². The predicted octanol–water partition coefficient (Wildman–Crippen LogP) is 11.5. The molecule has 0 bridgehead atoms. The van der Waals surface area contributed by atoms with Crippen molar-refractivity contribution in [3.8, 4) is 0 Å². The highest BCUT2D eigenvalue weighted by atomic mass is 31.2. The lowest BCUT2D eigenvalue weighted by molar-refractivity contribution is -0.870. The van der Waals surface area contributed by atoms with Crippen LogP contribution in [-0.4, -0.2) is 68.5 Å². The minimum absolute atomic E-state index is 0.00673. The standard InChI is InChI=1S/C44H87N2O6P/c1-6-8-10-12-14-16-18-20-22-23-24-26-28-30-32-34-36-38-44(48)45-42(41-52-53(49,50)51-40-39-46(3,4)5)43(47)37-35-33-31-29-27-25-21-19-17-15-13-11-9-7-2/h20,22,27,29,42-43,47H,6-19,21,23-26,28,30-41H2,1-5H3,(H-,45,48,49,50)/b22-20+,29-27+/t42-,43+/m0/s1. The number of phosphoric acid groups is 1. The second-order valence-electron chi connectivity index (χ2n) is 16.4. The smallest absolute Gasteiger partial charge is 0.268 e. The van der Waals surface area contributed by atoms with E-state index in [0.29, 0.717) is 23.9 Å². The van der Waals surface area contributed by atoms with E-state index < -0.39 is 20.0 Å². The van der Waals surface area contributed by atoms with Gasteiger partial charge in [-0.15, -0.1) is 0 Å². The lowest BCUT2D eigenvalue weighted by Gasteiger charge is -2.30. The van der Waals surface area contributed by atoms with Gasteiger partial charge in [-0.25, -0.2) is 0 Å². The molecule has 314 valence electrons. The molecule has 1 unspecified atom stereocenters. The Hall–Kier alpha value is -1.02. The molecule has 0 rings (SSSR count). The Bertz CT molecular complexity index is 922. The third-order valence-electron chi connectivity index (χ3n) is 9.91. The van der Waals surface area contributed by atoms with Gasteiger partial charge < -0.3 is 28.8 Å². The van der Waals surface area contributed by atoms with Crippen molar-refractivity contribution in [2.24, 2.45) is 0 Å². The zero-order chi connectivity index (χ0) is 39.3. The highest BCUT2D eigenvalue weighted by Gasteiger charge is 2.24. The number of nitrogens with one attached hydrogen (secondary N) is 1. The number of allylic oxidation sites excluding steroid dienone is 4. The van der Waals surface area contributed by atoms with Gasteiger partial charge in [-0.1, -0.05) is 154 Å². The summed E-state index contributed by atoms with van der Waals surface area (Å²) < 4.78 is 23.2. The first-order valence-electron chi connectivity index (χ1n) is 22.2. The van der Waals surface area contributed by atoms with Crippen molar-refractivity contribution in [3.05, 3.63) is 24.3 Å². The first-order valence-corrected chi connectivity index (χ1v) is 23.6. The molecule has 0 aliphatic heterocycles. The number of likely N-dealkylation sites (N-methyl/N-ethyl adjacent to an activating group) is 1. The highest BCUT2D eigenvalue weighted by molar-refractivity contribution is 7.45. The van der Waals surface area contributed by atoms with Crippen LogP contribution in [0.5, 0.6) is 0 Å². The molecule has 0 spiro atoms. The molecule has 0 saturated carbocycles. The second-order valence-corrected chi connectivity index (χ2v) is 17.8. The Kier molecular flexibility index (Phi) is 35.9. The van der Waals surface area contributed by atoms with Gasteiger partial charge in [0.2, 0.25) is 5.91 Å². The van der Waals surface area contributed by atoms with Crippen LogP contribution in [0.15, 0.2) is 24.3 Å². The van der Waals surface area contributed by atoms with Crippen LogP contribution >= 0.6 is 7.82 Å². The number of amides is 1. The maximum Gasteiger partial charge on any atom is 0.268 e. The average Bonchev–Trinajstić information content (AvgIpc) is 3.10. The second kappa shape index (κ2) is 36.6. The molecule has 53 heavy (non-hydrogen) atoms. The van der Waals surface area contributed by atoms with Crippen LogP contribution in [0.3, 0.4) is 0 Å². The Morgan fingerprint density at radius 3 is 1.47 bits per heavy atom. The van der Waals surface area contributed by atoms with E-state index >= 15 is 0 Å². The van der Waals surface area contributed by atoms with Crippen LogP contribution in [0.1, 0.15) is 200 Å². The van der Waals surface area contributed by atoms with E-state index in [9.17, 15) is 19.4 Å². The van der Waals surface area contributed by atoms with Crippen molar-refractivity contribution >= 4 is 13.7 Å². The SMILES string of the molecule is CCCCCCCC/C=C/CCCCCCCCCC(=O)N[C@@H](COP(=O)([O-])OCC[N+](C)(C)C)[C@H](O)CCCC/C=C/CCCCCCCCCC. The normalized spacial score (nSPS) is 14.6. The minimum atomic E-state index is -4.57. The number of aliphatic hydroxyl groups is 1. The van der Waals surface area contributed by atoms with Crippen LogP contribution in [0.4, 0.5) is 0 Å². The summed E-state index contributed by atoms with van der Waals surface area (Å²) in [7, 11) is 1.29. The number of carbonyl (C=O) groups excluding carboxylic acids is 1. The summed E-state index contributed by atoms with van der Waals surface area (Å²) in [5.74, 6) is -0.180. The molecule has 0 aromatic rings. The van der Waals surface area contributed by atoms with Crippen molar-refractivity contribution in [1.29, 1.82) is 0 Å². The Morgan fingerprint density at radius 2 is 1.04 bits per heavy atom. The molecule has 0 heterocycles. The van der Waals surface area contributed by atoms with Gasteiger partial charge in [-0.3, -0.25) is 9.36 Å². The average molecular weight is 771 g/mol. The quantitative estimate of drug-likeness (QED) is 0.0278. The molecule has 0 aromatic heterocycles. The molecular formula is C44H87N2O6P. The first-order chi connectivity index (χ1) is 25.5. The van der Waals surface area contributed by atoms with Crippen molar-refractivity contribution < 1.29 is 32.9 Å². The summed E-state index contributed by atoms with van der Waals surface area (Å²) >= 11 is 0. The summed E-state index contributed by atoms with van der Waals surface area (Å²) in [6.07, 6.45) is 41.8. The molecule has 0 aliphatic rings. The summed E-state index contributed by atoms with van der Waals surface area (Å²) in [6, 6.07) is -0.816. The number of rotatable bonds is 40. The third-order valence-corrected chi connectivity index (χ3v) is 10.9. The fraction of sp³-hybridized carbons (Fsp3) is 0.886. The number of hydrogen-bond acceptors (Lipinski definition) is 6. The summed E-state index contributed by atoms with van der Waals surface area (Å²) in [6.45, 7) is 4.68. The summed E-state index contributed by atoms with van der Waals surface area (Å²) in [5, 5.41) is 13.9. The van der Waals surface area contributed by atoms with E-state index in [2.05, 4.69) is 43.5 Å². The molecule has 8 nitrogen and oxygen atoms in total. The zero-order valence-electron chi connectivity index (χ0n) is 35.5. The molecular weight excluding hydrogens is 683 g/mol. The van der Waals surface area contributed by atoms with E-state index in [1.807, 2.05) is 21.1 Å². The first kappa shape index (κ1) is 52.0. The monoisotopic (exact) mass is 771 g/mol. The third kappa shape index (κ3) is 39.0. The predicted molar refractivity (Wildman–Crippen MR) is 224 cm³/mol. The van der Waals surface area contributed by atoms with Crippen LogP contribution in [0.25, 0.3) is 0 Å². The van der Waals surface area contributed by atoms with Gasteiger partial charge in [0.05, 0.1) is 39.9 Å². The van der Waals surface area contributed by atoms with Gasteiger partial charge in [0.15, 0.2) is 0 Å². The number of unbranched alkanes of at least 4 members (excludes halogenated alkanes) is 23. The zero-order valence-corrected chi connectivity index (χ0v) is 36.4. The summed E-state index contributed by atoms with van der Waals surface area (Å²) in [5.41, 5.74) is 0. The lowest BCUT2D eigenvalue weighted by Crippen LogP contribution is -2.46. The van der Waals surface area contributed by atoms with Gasteiger partial charge in [0.1, 0.15) is 13.2 Å². The van der Waals surface area contributed by atoms with Gasteiger partial charge in [0.25, 0.3) is 7.82 Å². The summed E-state index contributed by atoms with van der Waals surface area (Å²) in [4.78, 5) is 25.3. The fourth-order valence-electron chi connectivity index (χ4n) is 6.32. The van der Waals surface area contributed by atoms with Crippen LogP contribution < -0.4 is 10.2 Å². The number of carbonyl (C=O) groups is 1. The molecule has 0 radical (unpaired) electrons. The van der Waals surface area contributed by atoms with Crippen LogP contribution in [0.2, 0.25) is 0 Å². The van der Waals surface area contributed by atoms with Crippen molar-refractivity contribution in [2.45, 2.75) is 212 Å². The lowest BCUT2D eigenvalue weighted by atomic mass is 10.0. The molecule has 0 aliphatic carbocycles. The molecule has 0 aromatic carbocycles. The van der Waals surface area contributed by atoms with Crippen molar-refractivity contribution in [3.63, 3.8) is 0 Å². The van der Waals surface area contributed by atoms with E-state index in [1.54, 1.807) is 0 Å². The van der Waals surface area contributed by atoms with Crippen LogP contribution in [0, 0.1) is 0 Å². The van der Waals surface area contributed by atoms with E-state index in [1.165, 1.54) is 128 Å². The maximum absolute atomic E-state index is 12.9. The Labute approximate surface area is 328 Å². The molecule has 2 N–H and O–H groups in total. The number of aliphatic hydroxyl groups excluding tert-OH is 1. The topological polar surface area (TPSA) is 108 Å². The number of nitrogens with zero attached hydrogens (tertiary/aromatic N) is 1.